The first-order chi connectivity index (χ1) is 11.3. The number of quaternary nitrogens is 1. The van der Waals surface area contributed by atoms with Crippen molar-refractivity contribution in [3.05, 3.63) is 0 Å². The SMILES string of the molecule is CCCCCCCCCCCC[N+](C)(C)CCCP(=O)(O)OCC. The van der Waals surface area contributed by atoms with Gasteiger partial charge in [0.15, 0.2) is 0 Å². The van der Waals surface area contributed by atoms with Gasteiger partial charge in [-0.2, -0.15) is 0 Å². The lowest BCUT2D eigenvalue weighted by Gasteiger charge is -2.30. The predicted molar refractivity (Wildman–Crippen MR) is 105 cm³/mol. The van der Waals surface area contributed by atoms with E-state index in [1.807, 2.05) is 0 Å². The van der Waals surface area contributed by atoms with Crippen LogP contribution in [-0.4, -0.2) is 49.3 Å². The number of hydrogen-bond acceptors (Lipinski definition) is 2. The average molecular weight is 365 g/mol. The van der Waals surface area contributed by atoms with Gasteiger partial charge >= 0.3 is 7.60 Å². The van der Waals surface area contributed by atoms with Gasteiger partial charge in [-0.25, -0.2) is 0 Å². The van der Waals surface area contributed by atoms with E-state index in [1.54, 1.807) is 6.92 Å². The molecule has 1 unspecified atom stereocenters. The normalized spacial score (nSPS) is 14.7. The summed E-state index contributed by atoms with van der Waals surface area (Å²) in [4.78, 5) is 9.60. The molecule has 0 fully saturated rings. The summed E-state index contributed by atoms with van der Waals surface area (Å²) < 4.78 is 17.5. The Morgan fingerprint density at radius 2 is 1.25 bits per heavy atom. The topological polar surface area (TPSA) is 46.5 Å². The summed E-state index contributed by atoms with van der Waals surface area (Å²) in [7, 11) is 1.09. The summed E-state index contributed by atoms with van der Waals surface area (Å²) in [6, 6.07) is 0. The molecule has 0 radical (unpaired) electrons. The van der Waals surface area contributed by atoms with Gasteiger partial charge in [0.2, 0.25) is 0 Å². The van der Waals surface area contributed by atoms with E-state index in [0.717, 1.165) is 24.0 Å². The Labute approximate surface area is 151 Å². The second-order valence-electron chi connectivity index (χ2n) is 7.70. The molecule has 0 saturated heterocycles. The molecule has 0 aliphatic rings. The molecular formula is C19H43NO3P+. The smallest absolute Gasteiger partial charge is 0.328 e. The molecule has 146 valence electrons. The van der Waals surface area contributed by atoms with E-state index in [-0.39, 0.29) is 6.16 Å². The molecule has 0 rings (SSSR count). The maximum Gasteiger partial charge on any atom is 0.328 e. The minimum absolute atomic E-state index is 0.278. The second kappa shape index (κ2) is 14.3. The molecule has 0 heterocycles. The Bertz CT molecular complexity index is 335. The van der Waals surface area contributed by atoms with Gasteiger partial charge in [0, 0.05) is 6.42 Å². The molecule has 0 aliphatic heterocycles. The molecule has 0 aromatic rings. The van der Waals surface area contributed by atoms with E-state index in [0.29, 0.717) is 6.61 Å². The summed E-state index contributed by atoms with van der Waals surface area (Å²) in [6.45, 7) is 6.43. The van der Waals surface area contributed by atoms with Gasteiger partial charge in [0.05, 0.1) is 40.0 Å². The highest BCUT2D eigenvalue weighted by Gasteiger charge is 2.21. The van der Waals surface area contributed by atoms with E-state index >= 15 is 0 Å². The molecule has 0 spiro atoms. The summed E-state index contributed by atoms with van der Waals surface area (Å²) in [6.07, 6.45) is 14.7. The van der Waals surface area contributed by atoms with Crippen molar-refractivity contribution in [2.75, 3.05) is 40.0 Å². The quantitative estimate of drug-likeness (QED) is 0.208. The zero-order chi connectivity index (χ0) is 18.3. The molecule has 1 N–H and O–H groups in total. The predicted octanol–water partition coefficient (Wildman–Crippen LogP) is 5.60. The van der Waals surface area contributed by atoms with Crippen LogP contribution in [0.1, 0.15) is 84.5 Å². The molecule has 0 amide bonds. The maximum absolute atomic E-state index is 11.7. The lowest BCUT2D eigenvalue weighted by atomic mass is 10.1. The minimum atomic E-state index is -3.34. The number of unbranched alkanes of at least 4 members (excludes halogenated alkanes) is 9. The van der Waals surface area contributed by atoms with Crippen molar-refractivity contribution in [3.8, 4) is 0 Å². The highest BCUT2D eigenvalue weighted by Crippen LogP contribution is 2.42. The van der Waals surface area contributed by atoms with Gasteiger partial charge in [0.1, 0.15) is 0 Å². The molecule has 0 saturated carbocycles. The fourth-order valence-electron chi connectivity index (χ4n) is 3.10. The first-order valence-corrected chi connectivity index (χ1v) is 11.9. The average Bonchev–Trinajstić information content (AvgIpc) is 2.48. The van der Waals surface area contributed by atoms with E-state index in [9.17, 15) is 9.46 Å². The minimum Gasteiger partial charge on any atom is -0.328 e. The lowest BCUT2D eigenvalue weighted by molar-refractivity contribution is -0.890. The number of hydrogen-bond donors (Lipinski definition) is 1. The Morgan fingerprint density at radius 3 is 1.75 bits per heavy atom. The van der Waals surface area contributed by atoms with E-state index in [4.69, 9.17) is 4.52 Å². The molecule has 0 aliphatic carbocycles. The van der Waals surface area contributed by atoms with Crippen LogP contribution in [0.4, 0.5) is 0 Å². The summed E-state index contributed by atoms with van der Waals surface area (Å²) in [5.41, 5.74) is 0. The third-order valence-corrected chi connectivity index (χ3v) is 6.19. The summed E-state index contributed by atoms with van der Waals surface area (Å²) in [5, 5.41) is 0. The Morgan fingerprint density at radius 1 is 0.792 bits per heavy atom. The highest BCUT2D eigenvalue weighted by atomic mass is 31.2. The monoisotopic (exact) mass is 364 g/mol. The largest absolute Gasteiger partial charge is 0.328 e. The van der Waals surface area contributed by atoms with Gasteiger partial charge in [-0.1, -0.05) is 58.3 Å². The second-order valence-corrected chi connectivity index (χ2v) is 9.68. The van der Waals surface area contributed by atoms with Crippen LogP contribution >= 0.6 is 7.60 Å². The third-order valence-electron chi connectivity index (χ3n) is 4.65. The van der Waals surface area contributed by atoms with E-state index in [2.05, 4.69) is 21.0 Å². The molecule has 5 heteroatoms. The number of rotatable bonds is 17. The van der Waals surface area contributed by atoms with Gasteiger partial charge in [-0.3, -0.25) is 4.57 Å². The van der Waals surface area contributed by atoms with Crippen LogP contribution in [0.25, 0.3) is 0 Å². The molecule has 0 aromatic heterocycles. The summed E-state index contributed by atoms with van der Waals surface area (Å²) >= 11 is 0. The van der Waals surface area contributed by atoms with Crippen molar-refractivity contribution < 1.29 is 18.5 Å². The van der Waals surface area contributed by atoms with Crippen molar-refractivity contribution >= 4 is 7.60 Å². The molecule has 4 nitrogen and oxygen atoms in total. The van der Waals surface area contributed by atoms with Crippen LogP contribution in [0.2, 0.25) is 0 Å². The van der Waals surface area contributed by atoms with Crippen molar-refractivity contribution in [2.45, 2.75) is 84.5 Å². The number of nitrogens with zero attached hydrogens (tertiary/aromatic N) is 1. The van der Waals surface area contributed by atoms with Crippen LogP contribution in [0.5, 0.6) is 0 Å². The zero-order valence-electron chi connectivity index (χ0n) is 16.8. The first-order valence-electron chi connectivity index (χ1n) is 10.1. The highest BCUT2D eigenvalue weighted by molar-refractivity contribution is 7.52. The molecular weight excluding hydrogens is 321 g/mol. The fourth-order valence-corrected chi connectivity index (χ4v) is 4.18. The third kappa shape index (κ3) is 15.6. The molecule has 24 heavy (non-hydrogen) atoms. The standard InChI is InChI=1S/C19H42NO3P/c1-5-7-8-9-10-11-12-13-14-15-17-20(3,4)18-16-19-24(21,22)23-6-2/h5-19H2,1-4H3/p+1. The summed E-state index contributed by atoms with van der Waals surface area (Å²) in [5.74, 6) is 0. The van der Waals surface area contributed by atoms with Gasteiger partial charge < -0.3 is 13.9 Å². The Kier molecular flexibility index (Phi) is 14.4. The first kappa shape index (κ1) is 24.1. The Hall–Kier alpha value is 0.110. The molecule has 0 bridgehead atoms. The van der Waals surface area contributed by atoms with Gasteiger partial charge in [0.25, 0.3) is 0 Å². The van der Waals surface area contributed by atoms with Crippen LogP contribution < -0.4 is 0 Å². The van der Waals surface area contributed by atoms with Crippen LogP contribution in [-0.2, 0) is 9.09 Å². The van der Waals surface area contributed by atoms with E-state index < -0.39 is 7.60 Å². The van der Waals surface area contributed by atoms with Crippen molar-refractivity contribution in [3.63, 3.8) is 0 Å². The molecule has 0 aromatic carbocycles. The van der Waals surface area contributed by atoms with Gasteiger partial charge in [-0.05, 0) is 19.8 Å². The van der Waals surface area contributed by atoms with Crippen molar-refractivity contribution in [1.82, 2.24) is 0 Å². The fraction of sp³-hybridized carbons (Fsp3) is 1.00. The zero-order valence-corrected chi connectivity index (χ0v) is 17.7. The molecule has 1 atom stereocenters. The Balaban J connectivity index is 3.55. The van der Waals surface area contributed by atoms with Crippen molar-refractivity contribution in [2.24, 2.45) is 0 Å². The van der Waals surface area contributed by atoms with Crippen LogP contribution in [0.3, 0.4) is 0 Å². The van der Waals surface area contributed by atoms with Gasteiger partial charge in [-0.15, -0.1) is 0 Å². The van der Waals surface area contributed by atoms with E-state index in [1.165, 1.54) is 64.2 Å². The van der Waals surface area contributed by atoms with Crippen LogP contribution in [0, 0.1) is 0 Å². The van der Waals surface area contributed by atoms with Crippen molar-refractivity contribution in [1.29, 1.82) is 0 Å². The van der Waals surface area contributed by atoms with Crippen LogP contribution in [0.15, 0.2) is 0 Å². The lowest BCUT2D eigenvalue weighted by Crippen LogP contribution is -2.41. The maximum atomic E-state index is 11.7.